The minimum atomic E-state index is -1.39. The van der Waals surface area contributed by atoms with E-state index >= 15 is 0 Å². The van der Waals surface area contributed by atoms with Crippen molar-refractivity contribution in [2.24, 2.45) is 0 Å². The number of aromatic nitrogens is 6. The molecular formula is C48H45Cl4N7O10. The number of fused-ring (bicyclic) bond motifs is 2. The summed E-state index contributed by atoms with van der Waals surface area (Å²) in [5.74, 6) is -0.413. The molecule has 2 aliphatic rings. The molecule has 0 saturated carbocycles. The fourth-order valence-corrected chi connectivity index (χ4v) is 8.64. The molecule has 0 unspecified atom stereocenters. The molecule has 2 fully saturated rings. The summed E-state index contributed by atoms with van der Waals surface area (Å²) in [4.78, 5) is 29.6. The lowest BCUT2D eigenvalue weighted by molar-refractivity contribution is -0.0916. The zero-order valence-corrected chi connectivity index (χ0v) is 38.2. The number of rotatable bonds is 10. The summed E-state index contributed by atoms with van der Waals surface area (Å²) in [5, 5.41) is 65.1. The van der Waals surface area contributed by atoms with Crippen molar-refractivity contribution in [3.05, 3.63) is 172 Å². The average molecular weight is 1020 g/mol. The Labute approximate surface area is 415 Å². The lowest BCUT2D eigenvalue weighted by Crippen LogP contribution is -2.36. The Morgan fingerprint density at radius 3 is 1.72 bits per heavy atom. The van der Waals surface area contributed by atoms with Gasteiger partial charge >= 0.3 is 5.97 Å². The van der Waals surface area contributed by atoms with Crippen LogP contribution in [0.4, 0.5) is 5.82 Å². The van der Waals surface area contributed by atoms with Crippen molar-refractivity contribution in [1.29, 1.82) is 0 Å². The van der Waals surface area contributed by atoms with E-state index in [0.717, 1.165) is 11.1 Å². The van der Waals surface area contributed by atoms with Gasteiger partial charge in [0.15, 0.2) is 24.4 Å². The summed E-state index contributed by atoms with van der Waals surface area (Å²) in [6.45, 7) is 0. The zero-order chi connectivity index (χ0) is 46.9. The van der Waals surface area contributed by atoms with E-state index in [1.54, 1.807) is 89.8 Å². The van der Waals surface area contributed by atoms with Crippen LogP contribution in [0, 0.1) is 0 Å². The van der Waals surface area contributed by atoms with Crippen LogP contribution in [0.25, 0.3) is 33.2 Å². The minimum Gasteiger partial charge on any atom is -0.451 e. The van der Waals surface area contributed by atoms with Crippen molar-refractivity contribution in [3.63, 3.8) is 0 Å². The first-order valence-corrected chi connectivity index (χ1v) is 21.8. The Morgan fingerprint density at radius 1 is 0.623 bits per heavy atom. The van der Waals surface area contributed by atoms with E-state index in [-0.39, 0.29) is 30.8 Å². The first-order chi connectivity index (χ1) is 32.4. The highest BCUT2D eigenvalue weighted by molar-refractivity contribution is 6.34. The van der Waals surface area contributed by atoms with E-state index in [9.17, 15) is 30.3 Å². The Bertz CT molecular complexity index is 2990. The van der Waals surface area contributed by atoms with Crippen LogP contribution >= 0.6 is 47.2 Å². The third kappa shape index (κ3) is 10.3. The number of anilines is 1. The Morgan fingerprint density at radius 2 is 1.13 bits per heavy atom. The summed E-state index contributed by atoms with van der Waals surface area (Å²) in [7, 11) is 0. The van der Waals surface area contributed by atoms with Gasteiger partial charge < -0.3 is 48.9 Å². The van der Waals surface area contributed by atoms with Gasteiger partial charge in [-0.25, -0.2) is 24.7 Å². The molecule has 17 nitrogen and oxygen atoms in total. The van der Waals surface area contributed by atoms with Crippen LogP contribution in [0.2, 0.25) is 15.2 Å². The molecule has 2 saturated heterocycles. The summed E-state index contributed by atoms with van der Waals surface area (Å²) in [6.07, 6.45) is -5.98. The summed E-state index contributed by atoms with van der Waals surface area (Å²) in [6, 6.07) is 33.4. The van der Waals surface area contributed by atoms with E-state index in [4.69, 9.17) is 54.2 Å². The topological polar surface area (TPSA) is 240 Å². The lowest BCUT2D eigenvalue weighted by Gasteiger charge is -2.26. The number of hydrogen-bond donors (Lipinski definition) is 7. The van der Waals surface area contributed by atoms with Gasteiger partial charge in [-0.3, -0.25) is 10.7 Å². The third-order valence-corrected chi connectivity index (χ3v) is 12.5. The molecule has 0 aliphatic carbocycles. The third-order valence-electron chi connectivity index (χ3n) is 11.7. The van der Waals surface area contributed by atoms with Crippen LogP contribution in [0.1, 0.15) is 53.6 Å². The van der Waals surface area contributed by atoms with Crippen LogP contribution < -0.4 is 5.48 Å². The molecule has 8 aromatic rings. The van der Waals surface area contributed by atoms with Gasteiger partial charge in [0.05, 0.1) is 16.3 Å². The molecule has 0 spiro atoms. The molecule has 2 aliphatic heterocycles. The van der Waals surface area contributed by atoms with Crippen molar-refractivity contribution < 1.29 is 49.7 Å². The molecule has 0 radical (unpaired) electrons. The second kappa shape index (κ2) is 21.9. The molecule has 7 N–H and O–H groups in total. The van der Waals surface area contributed by atoms with E-state index in [1.807, 2.05) is 47.9 Å². The van der Waals surface area contributed by atoms with Crippen molar-refractivity contribution in [2.75, 3.05) is 5.48 Å². The van der Waals surface area contributed by atoms with Gasteiger partial charge in [-0.15, -0.1) is 12.4 Å². The van der Waals surface area contributed by atoms with Crippen LogP contribution in [0.15, 0.2) is 140 Å². The predicted octanol–water partition coefficient (Wildman–Crippen LogP) is 7.92. The smallest absolute Gasteiger partial charge is 0.338 e. The lowest BCUT2D eigenvalue weighted by atomic mass is 9.98. The number of esters is 1. The monoisotopic (exact) mass is 1020 g/mol. The zero-order valence-electron chi connectivity index (χ0n) is 35.1. The molecular weight excluding hydrogens is 976 g/mol. The number of nitrogens with one attached hydrogen (secondary N) is 1. The van der Waals surface area contributed by atoms with Gasteiger partial charge in [0.1, 0.15) is 71.8 Å². The Hall–Kier alpha value is -5.77. The fourth-order valence-electron chi connectivity index (χ4n) is 8.19. The Balaban J connectivity index is 0.000000212. The fraction of sp³-hybridized carbons (Fsp3) is 0.229. The van der Waals surface area contributed by atoms with Crippen LogP contribution in [-0.2, 0) is 14.2 Å². The van der Waals surface area contributed by atoms with Gasteiger partial charge in [0, 0.05) is 22.4 Å². The van der Waals surface area contributed by atoms with E-state index in [1.165, 1.54) is 17.2 Å². The number of aliphatic hydroxyl groups is 5. The van der Waals surface area contributed by atoms with Gasteiger partial charge in [-0.05, 0) is 70.8 Å². The molecule has 4 aromatic heterocycles. The number of aliphatic hydroxyl groups excluding tert-OH is 5. The molecule has 360 valence electrons. The van der Waals surface area contributed by atoms with Crippen LogP contribution in [-0.4, -0.2) is 102 Å². The molecule has 21 heteroatoms. The van der Waals surface area contributed by atoms with E-state index < -0.39 is 67.3 Å². The molecule has 69 heavy (non-hydrogen) atoms. The largest absolute Gasteiger partial charge is 0.451 e. The predicted molar refractivity (Wildman–Crippen MR) is 259 cm³/mol. The van der Waals surface area contributed by atoms with Gasteiger partial charge in [-0.2, -0.15) is 0 Å². The molecule has 10 rings (SSSR count). The van der Waals surface area contributed by atoms with Crippen LogP contribution in [0.5, 0.6) is 0 Å². The standard InChI is InChI=1S/C30H23Cl2N3O5.C17H17ClN4O5.CH4.ClH/c31-21-12-10-19(11-13-21)25(40-30(38)20-8-6-18(7-9-20)17-4-2-1-3-5-17)26-23(36)24(37)29(39-26)35-15-14-22-27(32)33-16-34-28(22)35;18-9-3-1-8(2-4-9)11(23)14-12(24)13(25)17(27-14)22-6-5-10-15(21-26)19-7-20-16(10)22;;/h1-16,23-26,29,36-37H;1-7,11-14,17,23-26H,(H,19,20,21);1H4;1H/t23-,24+,25+,26-,29+;11-,12+,13-,14-,17-;;/m01../s1. The number of nitrogens with zero attached hydrogens (tertiary/aromatic N) is 6. The first kappa shape index (κ1) is 51.1. The average Bonchev–Trinajstić information content (AvgIpc) is 4.13. The number of ether oxygens (including phenoxy) is 3. The Kier molecular flexibility index (Phi) is 16.2. The summed E-state index contributed by atoms with van der Waals surface area (Å²) in [5.41, 5.74) is 6.14. The SMILES string of the molecule is C.Cl.O=C(O[C@H](c1ccc(Cl)cc1)[C@H]1O[C@@H](n2ccc3c(Cl)ncnc32)[C@H](O)[C@@H]1O)c1ccc(-c2ccccc2)cc1.ONc1ncnc2c1ccn2[C@@H]1O[C@H]([C@H](O)c2ccc(Cl)cc2)[C@@H](O)[C@H]1O. The van der Waals surface area contributed by atoms with Crippen molar-refractivity contribution in [3.8, 4) is 11.1 Å². The number of carbonyl (C=O) groups is 1. The van der Waals surface area contributed by atoms with Crippen molar-refractivity contribution in [2.45, 2.75) is 68.7 Å². The molecule has 0 bridgehead atoms. The number of benzene rings is 4. The summed E-state index contributed by atoms with van der Waals surface area (Å²) >= 11 is 18.1. The molecule has 0 amide bonds. The second-order valence-electron chi connectivity index (χ2n) is 15.7. The van der Waals surface area contributed by atoms with E-state index in [2.05, 4.69) is 19.9 Å². The number of carbonyl (C=O) groups excluding carboxylic acids is 1. The maximum Gasteiger partial charge on any atom is 0.338 e. The number of hydrogen-bond acceptors (Lipinski definition) is 15. The normalized spacial score (nSPS) is 22.7. The quantitative estimate of drug-likeness (QED) is 0.0391. The highest BCUT2D eigenvalue weighted by Gasteiger charge is 2.50. The van der Waals surface area contributed by atoms with E-state index in [0.29, 0.717) is 48.8 Å². The van der Waals surface area contributed by atoms with Crippen molar-refractivity contribution >= 4 is 81.1 Å². The number of halogens is 4. The van der Waals surface area contributed by atoms with Crippen LogP contribution in [0.3, 0.4) is 0 Å². The van der Waals surface area contributed by atoms with Crippen molar-refractivity contribution in [1.82, 2.24) is 29.1 Å². The van der Waals surface area contributed by atoms with Gasteiger partial charge in [0.2, 0.25) is 0 Å². The maximum absolute atomic E-state index is 13.3. The molecule has 4 aromatic carbocycles. The highest BCUT2D eigenvalue weighted by Crippen LogP contribution is 2.41. The van der Waals surface area contributed by atoms with Gasteiger partial charge in [-0.1, -0.05) is 109 Å². The maximum atomic E-state index is 13.3. The molecule has 10 atom stereocenters. The molecule has 6 heterocycles. The first-order valence-electron chi connectivity index (χ1n) is 20.7. The summed E-state index contributed by atoms with van der Waals surface area (Å²) < 4.78 is 21.0. The second-order valence-corrected chi connectivity index (χ2v) is 16.9. The highest BCUT2D eigenvalue weighted by atomic mass is 35.5. The van der Waals surface area contributed by atoms with Gasteiger partial charge in [0.25, 0.3) is 0 Å². The minimum absolute atomic E-state index is 0.